The monoisotopic (exact) mass is 239 g/mol. The Morgan fingerprint density at radius 3 is 2.38 bits per heavy atom. The Morgan fingerprint density at radius 2 is 1.81 bits per heavy atom. The topological polar surface area (TPSA) is 12.0 Å². The van der Waals surface area contributed by atoms with Crippen LogP contribution in [0.2, 0.25) is 0 Å². The second kappa shape index (κ2) is 6.27. The highest BCUT2D eigenvalue weighted by Gasteiger charge is 2.16. The van der Waals surface area contributed by atoms with Crippen LogP contribution in [0.5, 0.6) is 0 Å². The Hall–Kier alpha value is -0.530. The molecule has 1 N–H and O–H groups in total. The molecule has 0 aliphatic heterocycles. The fourth-order valence-electron chi connectivity index (χ4n) is 1.71. The summed E-state index contributed by atoms with van der Waals surface area (Å²) in [5, 5.41) is 3.60. The van der Waals surface area contributed by atoms with Crippen molar-refractivity contribution in [1.82, 2.24) is 5.32 Å². The Morgan fingerprint density at radius 1 is 1.19 bits per heavy atom. The lowest BCUT2D eigenvalue weighted by atomic mass is 9.90. The van der Waals surface area contributed by atoms with E-state index in [2.05, 4.69) is 50.4 Å². The van der Waals surface area contributed by atoms with Gasteiger partial charge in [0.05, 0.1) is 0 Å². The lowest BCUT2D eigenvalue weighted by Crippen LogP contribution is -2.26. The van der Waals surface area contributed by atoms with Gasteiger partial charge in [-0.1, -0.05) is 51.1 Å². The van der Waals surface area contributed by atoms with Gasteiger partial charge in [0.1, 0.15) is 0 Å². The first-order valence-electron chi connectivity index (χ1n) is 5.86. The highest BCUT2D eigenvalue weighted by molar-refractivity contribution is 6.20. The second-order valence-electron chi connectivity index (χ2n) is 5.48. The number of halogens is 1. The molecule has 1 unspecified atom stereocenters. The predicted octanol–water partition coefficient (Wildman–Crippen LogP) is 3.82. The highest BCUT2D eigenvalue weighted by Crippen LogP contribution is 2.23. The average Bonchev–Trinajstić information content (AvgIpc) is 2.16. The molecule has 0 bridgehead atoms. The zero-order chi connectivity index (χ0) is 12.0. The summed E-state index contributed by atoms with van der Waals surface area (Å²) in [6.45, 7) is 8.43. The van der Waals surface area contributed by atoms with Crippen LogP contribution < -0.4 is 5.32 Å². The Bertz CT molecular complexity index is 289. The number of rotatable bonds is 5. The molecular weight excluding hydrogens is 218 g/mol. The van der Waals surface area contributed by atoms with Crippen molar-refractivity contribution >= 4 is 11.6 Å². The van der Waals surface area contributed by atoms with Crippen LogP contribution in [0.4, 0.5) is 0 Å². The first kappa shape index (κ1) is 13.5. The summed E-state index contributed by atoms with van der Waals surface area (Å²) in [6, 6.07) is 10.4. The maximum absolute atomic E-state index is 6.27. The second-order valence-corrected chi connectivity index (χ2v) is 6.10. The van der Waals surface area contributed by atoms with Gasteiger partial charge in [-0.15, -0.1) is 11.6 Å². The number of alkyl halides is 1. The molecule has 0 aliphatic carbocycles. The van der Waals surface area contributed by atoms with E-state index in [4.69, 9.17) is 11.6 Å². The van der Waals surface area contributed by atoms with Crippen LogP contribution in [0.25, 0.3) is 0 Å². The summed E-state index contributed by atoms with van der Waals surface area (Å²) in [5.41, 5.74) is 1.61. The molecule has 0 saturated carbocycles. The largest absolute Gasteiger partial charge is 0.311 e. The van der Waals surface area contributed by atoms with Gasteiger partial charge < -0.3 is 5.32 Å². The van der Waals surface area contributed by atoms with Crippen LogP contribution >= 0.6 is 11.6 Å². The van der Waals surface area contributed by atoms with Gasteiger partial charge in [-0.25, -0.2) is 0 Å². The lowest BCUT2D eigenvalue weighted by Gasteiger charge is -2.22. The SMILES string of the molecule is CC(C)(C)CC(Cl)CNCc1ccccc1. The molecular formula is C14H22ClN. The van der Waals surface area contributed by atoms with Crippen molar-refractivity contribution in [2.24, 2.45) is 5.41 Å². The molecule has 0 amide bonds. The molecule has 0 heterocycles. The molecule has 16 heavy (non-hydrogen) atoms. The first-order chi connectivity index (χ1) is 7.47. The summed E-state index contributed by atoms with van der Waals surface area (Å²) in [4.78, 5) is 0. The van der Waals surface area contributed by atoms with E-state index >= 15 is 0 Å². The van der Waals surface area contributed by atoms with E-state index < -0.39 is 0 Å². The molecule has 0 spiro atoms. The quantitative estimate of drug-likeness (QED) is 0.771. The molecule has 1 aromatic carbocycles. The van der Waals surface area contributed by atoms with Gasteiger partial charge in [-0.2, -0.15) is 0 Å². The van der Waals surface area contributed by atoms with Crippen molar-refractivity contribution in [2.75, 3.05) is 6.54 Å². The minimum Gasteiger partial charge on any atom is -0.311 e. The summed E-state index contributed by atoms with van der Waals surface area (Å²) >= 11 is 6.27. The van der Waals surface area contributed by atoms with E-state index in [9.17, 15) is 0 Å². The van der Waals surface area contributed by atoms with Gasteiger partial charge in [-0.05, 0) is 17.4 Å². The van der Waals surface area contributed by atoms with E-state index in [0.29, 0.717) is 5.41 Å². The fourth-order valence-corrected chi connectivity index (χ4v) is 2.28. The van der Waals surface area contributed by atoms with Gasteiger partial charge in [-0.3, -0.25) is 0 Å². The minimum atomic E-state index is 0.212. The number of hydrogen-bond donors (Lipinski definition) is 1. The Kier molecular flexibility index (Phi) is 5.30. The number of nitrogens with one attached hydrogen (secondary N) is 1. The molecule has 1 atom stereocenters. The molecule has 1 nitrogen and oxygen atoms in total. The van der Waals surface area contributed by atoms with Crippen molar-refractivity contribution in [1.29, 1.82) is 0 Å². The van der Waals surface area contributed by atoms with Crippen molar-refractivity contribution in [3.63, 3.8) is 0 Å². The van der Waals surface area contributed by atoms with E-state index in [1.807, 2.05) is 6.07 Å². The normalized spacial score (nSPS) is 13.8. The van der Waals surface area contributed by atoms with E-state index in [1.54, 1.807) is 0 Å². The van der Waals surface area contributed by atoms with Crippen molar-refractivity contribution in [3.8, 4) is 0 Å². The van der Waals surface area contributed by atoms with Gasteiger partial charge in [0.25, 0.3) is 0 Å². The zero-order valence-electron chi connectivity index (χ0n) is 10.5. The standard InChI is InChI=1S/C14H22ClN/c1-14(2,3)9-13(15)11-16-10-12-7-5-4-6-8-12/h4-8,13,16H,9-11H2,1-3H3. The van der Waals surface area contributed by atoms with E-state index in [1.165, 1.54) is 5.56 Å². The van der Waals surface area contributed by atoms with Gasteiger partial charge >= 0.3 is 0 Å². The van der Waals surface area contributed by atoms with Crippen LogP contribution in [0, 0.1) is 5.41 Å². The number of hydrogen-bond acceptors (Lipinski definition) is 1. The van der Waals surface area contributed by atoms with Gasteiger partial charge in [0, 0.05) is 18.5 Å². The van der Waals surface area contributed by atoms with Crippen LogP contribution in [0.15, 0.2) is 30.3 Å². The van der Waals surface area contributed by atoms with Gasteiger partial charge in [0.15, 0.2) is 0 Å². The molecule has 0 radical (unpaired) electrons. The molecule has 0 saturated heterocycles. The van der Waals surface area contributed by atoms with Gasteiger partial charge in [0.2, 0.25) is 0 Å². The highest BCUT2D eigenvalue weighted by atomic mass is 35.5. The molecule has 0 aromatic heterocycles. The summed E-state index contributed by atoms with van der Waals surface area (Å²) < 4.78 is 0. The van der Waals surface area contributed by atoms with Crippen LogP contribution in [-0.2, 0) is 6.54 Å². The molecule has 1 rings (SSSR count). The molecule has 2 heteroatoms. The molecule has 0 aliphatic rings. The molecule has 90 valence electrons. The number of benzene rings is 1. The lowest BCUT2D eigenvalue weighted by molar-refractivity contribution is 0.364. The van der Waals surface area contributed by atoms with Crippen LogP contribution in [0.3, 0.4) is 0 Å². The van der Waals surface area contributed by atoms with Crippen molar-refractivity contribution in [2.45, 2.75) is 39.1 Å². The van der Waals surface area contributed by atoms with Crippen LogP contribution in [-0.4, -0.2) is 11.9 Å². The third kappa shape index (κ3) is 6.14. The fraction of sp³-hybridized carbons (Fsp3) is 0.571. The maximum Gasteiger partial charge on any atom is 0.0465 e. The predicted molar refractivity (Wildman–Crippen MR) is 71.9 cm³/mol. The molecule has 1 aromatic rings. The smallest absolute Gasteiger partial charge is 0.0465 e. The third-order valence-electron chi connectivity index (χ3n) is 2.37. The zero-order valence-corrected chi connectivity index (χ0v) is 11.2. The summed E-state index contributed by atoms with van der Waals surface area (Å²) in [7, 11) is 0. The minimum absolute atomic E-state index is 0.212. The molecule has 0 fully saturated rings. The van der Waals surface area contributed by atoms with Crippen LogP contribution in [0.1, 0.15) is 32.8 Å². The first-order valence-corrected chi connectivity index (χ1v) is 6.30. The third-order valence-corrected chi connectivity index (χ3v) is 2.68. The van der Waals surface area contributed by atoms with E-state index in [-0.39, 0.29) is 5.38 Å². The Balaban J connectivity index is 2.21. The Labute approximate surface area is 104 Å². The average molecular weight is 240 g/mol. The van der Waals surface area contributed by atoms with Crippen molar-refractivity contribution < 1.29 is 0 Å². The summed E-state index contributed by atoms with van der Waals surface area (Å²) in [5.74, 6) is 0. The van der Waals surface area contributed by atoms with E-state index in [0.717, 1.165) is 19.5 Å². The summed E-state index contributed by atoms with van der Waals surface area (Å²) in [6.07, 6.45) is 1.04. The maximum atomic E-state index is 6.27. The van der Waals surface area contributed by atoms with Crippen molar-refractivity contribution in [3.05, 3.63) is 35.9 Å².